The number of aromatic nitrogens is 1. The Morgan fingerprint density at radius 1 is 1.21 bits per heavy atom. The Kier molecular flexibility index (Phi) is 3.96. The Balaban J connectivity index is 2.30. The number of aryl methyl sites for hydroxylation is 1. The highest BCUT2D eigenvalue weighted by atomic mass is 35.5. The van der Waals surface area contributed by atoms with Gasteiger partial charge in [0.15, 0.2) is 5.82 Å². The Hall–Kier alpha value is -1.74. The maximum absolute atomic E-state index is 6.10. The summed E-state index contributed by atoms with van der Waals surface area (Å²) in [4.78, 5) is 6.45. The molecule has 1 aromatic carbocycles. The lowest BCUT2D eigenvalue weighted by atomic mass is 10.1. The fourth-order valence-corrected chi connectivity index (χ4v) is 2.11. The van der Waals surface area contributed by atoms with Crippen molar-refractivity contribution in [1.82, 2.24) is 4.98 Å². The van der Waals surface area contributed by atoms with Crippen LogP contribution >= 0.6 is 11.6 Å². The minimum absolute atomic E-state index is 0.175. The van der Waals surface area contributed by atoms with E-state index in [2.05, 4.69) is 16.8 Å². The van der Waals surface area contributed by atoms with Crippen LogP contribution in [0, 0.1) is 6.92 Å². The molecule has 0 amide bonds. The second-order valence-corrected chi connectivity index (χ2v) is 5.14. The van der Waals surface area contributed by atoms with Gasteiger partial charge in [-0.25, -0.2) is 4.98 Å². The molecule has 1 aromatic heterocycles. The summed E-state index contributed by atoms with van der Waals surface area (Å²) in [5, 5.41) is 0.742. The molecule has 100 valence electrons. The van der Waals surface area contributed by atoms with Crippen molar-refractivity contribution in [3.05, 3.63) is 52.7 Å². The van der Waals surface area contributed by atoms with Crippen LogP contribution in [-0.2, 0) is 0 Å². The van der Waals surface area contributed by atoms with Crippen LogP contribution in [0.15, 0.2) is 36.5 Å². The fourth-order valence-electron chi connectivity index (χ4n) is 1.98. The first kappa shape index (κ1) is 13.7. The van der Waals surface area contributed by atoms with Crippen molar-refractivity contribution in [3.63, 3.8) is 0 Å². The van der Waals surface area contributed by atoms with Gasteiger partial charge in [-0.2, -0.15) is 0 Å². The van der Waals surface area contributed by atoms with Gasteiger partial charge in [0.25, 0.3) is 0 Å². The zero-order valence-electron chi connectivity index (χ0n) is 11.4. The predicted octanol–water partition coefficient (Wildman–Crippen LogP) is 3.82. The Morgan fingerprint density at radius 3 is 2.47 bits per heavy atom. The number of benzene rings is 1. The molecule has 4 heteroatoms. The molecule has 1 atom stereocenters. The number of halogens is 1. The predicted molar refractivity (Wildman–Crippen MR) is 81.7 cm³/mol. The van der Waals surface area contributed by atoms with Crippen molar-refractivity contribution >= 4 is 23.1 Å². The van der Waals surface area contributed by atoms with Crippen molar-refractivity contribution < 1.29 is 0 Å². The van der Waals surface area contributed by atoms with Crippen molar-refractivity contribution in [2.45, 2.75) is 19.9 Å². The van der Waals surface area contributed by atoms with Gasteiger partial charge < -0.3 is 10.6 Å². The van der Waals surface area contributed by atoms with Gasteiger partial charge in [0.1, 0.15) is 0 Å². The normalized spacial score (nSPS) is 12.2. The van der Waals surface area contributed by atoms with E-state index in [0.29, 0.717) is 0 Å². The minimum atomic E-state index is 0.175. The molecule has 19 heavy (non-hydrogen) atoms. The van der Waals surface area contributed by atoms with E-state index < -0.39 is 0 Å². The Labute approximate surface area is 119 Å². The lowest BCUT2D eigenvalue weighted by molar-refractivity contribution is 0.729. The maximum atomic E-state index is 6.10. The van der Waals surface area contributed by atoms with Crippen LogP contribution in [-0.4, -0.2) is 12.0 Å². The van der Waals surface area contributed by atoms with E-state index in [1.807, 2.05) is 44.3 Å². The number of pyridine rings is 1. The zero-order chi connectivity index (χ0) is 14.0. The SMILES string of the molecule is Cc1ccnc(N(C)C(C)c2ccc(Cl)cc2)c1N. The van der Waals surface area contributed by atoms with Gasteiger partial charge in [-0.15, -0.1) is 0 Å². The van der Waals surface area contributed by atoms with E-state index in [4.69, 9.17) is 17.3 Å². The maximum Gasteiger partial charge on any atom is 0.152 e. The van der Waals surface area contributed by atoms with Crippen LogP contribution < -0.4 is 10.6 Å². The Morgan fingerprint density at radius 2 is 1.84 bits per heavy atom. The number of nitrogens with zero attached hydrogens (tertiary/aromatic N) is 2. The molecule has 3 nitrogen and oxygen atoms in total. The fraction of sp³-hybridized carbons (Fsp3) is 0.267. The molecule has 2 rings (SSSR count). The van der Waals surface area contributed by atoms with Crippen LogP contribution in [0.2, 0.25) is 5.02 Å². The van der Waals surface area contributed by atoms with Gasteiger partial charge in [-0.1, -0.05) is 23.7 Å². The third kappa shape index (κ3) is 2.82. The monoisotopic (exact) mass is 275 g/mol. The highest BCUT2D eigenvalue weighted by molar-refractivity contribution is 6.30. The summed E-state index contributed by atoms with van der Waals surface area (Å²) in [5.74, 6) is 0.808. The second kappa shape index (κ2) is 5.49. The van der Waals surface area contributed by atoms with Crippen LogP contribution in [0.5, 0.6) is 0 Å². The van der Waals surface area contributed by atoms with Gasteiger partial charge in [-0.05, 0) is 43.2 Å². The van der Waals surface area contributed by atoms with Crippen molar-refractivity contribution in [3.8, 4) is 0 Å². The third-order valence-corrected chi connectivity index (χ3v) is 3.71. The summed E-state index contributed by atoms with van der Waals surface area (Å²) in [7, 11) is 2.00. The molecule has 0 aliphatic heterocycles. The Bertz CT molecular complexity index is 566. The summed E-state index contributed by atoms with van der Waals surface area (Å²) in [6, 6.07) is 9.93. The highest BCUT2D eigenvalue weighted by Crippen LogP contribution is 2.29. The van der Waals surface area contributed by atoms with E-state index in [0.717, 1.165) is 22.1 Å². The smallest absolute Gasteiger partial charge is 0.152 e. The van der Waals surface area contributed by atoms with Crippen molar-refractivity contribution in [2.75, 3.05) is 17.7 Å². The molecule has 0 aliphatic rings. The van der Waals surface area contributed by atoms with Crippen LogP contribution in [0.1, 0.15) is 24.1 Å². The van der Waals surface area contributed by atoms with Gasteiger partial charge >= 0.3 is 0 Å². The number of rotatable bonds is 3. The quantitative estimate of drug-likeness (QED) is 0.926. The molecule has 0 saturated heterocycles. The first-order chi connectivity index (χ1) is 9.00. The molecule has 0 bridgehead atoms. The second-order valence-electron chi connectivity index (χ2n) is 4.70. The van der Waals surface area contributed by atoms with Gasteiger partial charge in [0, 0.05) is 18.3 Å². The summed E-state index contributed by atoms with van der Waals surface area (Å²) in [6.45, 7) is 4.11. The molecule has 1 heterocycles. The van der Waals surface area contributed by atoms with Crippen LogP contribution in [0.25, 0.3) is 0 Å². The number of hydrogen-bond donors (Lipinski definition) is 1. The minimum Gasteiger partial charge on any atom is -0.396 e. The molecule has 0 spiro atoms. The molecule has 2 aromatic rings. The summed E-state index contributed by atoms with van der Waals surface area (Å²) >= 11 is 5.91. The average Bonchev–Trinajstić information content (AvgIpc) is 2.41. The molecule has 0 radical (unpaired) electrons. The first-order valence-corrected chi connectivity index (χ1v) is 6.58. The van der Waals surface area contributed by atoms with Gasteiger partial charge in [-0.3, -0.25) is 0 Å². The average molecular weight is 276 g/mol. The number of anilines is 2. The van der Waals surface area contributed by atoms with Crippen LogP contribution in [0.4, 0.5) is 11.5 Å². The standard InChI is InChI=1S/C15H18ClN3/c1-10-8-9-18-15(14(10)17)19(3)11(2)12-4-6-13(16)7-5-12/h4-9,11H,17H2,1-3H3. The lowest BCUT2D eigenvalue weighted by Gasteiger charge is -2.27. The largest absolute Gasteiger partial charge is 0.396 e. The number of hydrogen-bond acceptors (Lipinski definition) is 3. The zero-order valence-corrected chi connectivity index (χ0v) is 12.1. The number of nitrogens with two attached hydrogens (primary N) is 1. The molecule has 2 N–H and O–H groups in total. The van der Waals surface area contributed by atoms with Gasteiger partial charge in [0.05, 0.1) is 11.7 Å². The van der Waals surface area contributed by atoms with Gasteiger partial charge in [0.2, 0.25) is 0 Å². The van der Waals surface area contributed by atoms with Crippen molar-refractivity contribution in [1.29, 1.82) is 0 Å². The molecule has 0 saturated carbocycles. The lowest BCUT2D eigenvalue weighted by Crippen LogP contribution is -2.24. The molecule has 0 fully saturated rings. The third-order valence-electron chi connectivity index (χ3n) is 3.45. The molecular weight excluding hydrogens is 258 g/mol. The molecule has 0 aliphatic carbocycles. The summed E-state index contributed by atoms with van der Waals surface area (Å²) in [6.07, 6.45) is 1.78. The number of nitrogen functional groups attached to an aromatic ring is 1. The van der Waals surface area contributed by atoms with E-state index in [1.165, 1.54) is 5.56 Å². The molecule has 1 unspecified atom stereocenters. The van der Waals surface area contributed by atoms with Crippen molar-refractivity contribution in [2.24, 2.45) is 0 Å². The summed E-state index contributed by atoms with van der Waals surface area (Å²) < 4.78 is 0. The first-order valence-electron chi connectivity index (χ1n) is 6.20. The van der Waals surface area contributed by atoms with E-state index >= 15 is 0 Å². The topological polar surface area (TPSA) is 42.2 Å². The van der Waals surface area contributed by atoms with E-state index in [1.54, 1.807) is 6.20 Å². The summed E-state index contributed by atoms with van der Waals surface area (Å²) in [5.41, 5.74) is 9.04. The van der Waals surface area contributed by atoms with Crippen LogP contribution in [0.3, 0.4) is 0 Å². The van der Waals surface area contributed by atoms with E-state index in [-0.39, 0.29) is 6.04 Å². The van der Waals surface area contributed by atoms with E-state index in [9.17, 15) is 0 Å². The highest BCUT2D eigenvalue weighted by Gasteiger charge is 2.16. The molecular formula is C15H18ClN3.